The largest absolute Gasteiger partial charge is 0.478 e. The number of carboxylic acid groups (broad SMARTS) is 1. The number of hydrogen-bond donors (Lipinski definition) is 1. The molecule has 3 aromatic rings. The lowest BCUT2D eigenvalue weighted by Crippen LogP contribution is -2.34. The zero-order valence-electron chi connectivity index (χ0n) is 19.0. The summed E-state index contributed by atoms with van der Waals surface area (Å²) in [6, 6.07) is 10.0. The van der Waals surface area contributed by atoms with E-state index in [4.69, 9.17) is 4.98 Å². The number of rotatable bonds is 4. The Balaban J connectivity index is 2.00. The lowest BCUT2D eigenvalue weighted by atomic mass is 9.63. The molecule has 0 amide bonds. The van der Waals surface area contributed by atoms with Crippen LogP contribution in [-0.2, 0) is 17.3 Å². The number of nitrogens with zero attached hydrogens (tertiary/aromatic N) is 2. The second-order valence-corrected chi connectivity index (χ2v) is 10.1. The molecular weight excluding hydrogens is 372 g/mol. The highest BCUT2D eigenvalue weighted by Gasteiger charge is 2.37. The quantitative estimate of drug-likeness (QED) is 0.552. The molecule has 1 aromatic heterocycles. The van der Waals surface area contributed by atoms with Gasteiger partial charge in [0.05, 0.1) is 22.3 Å². The van der Waals surface area contributed by atoms with Crippen molar-refractivity contribution in [2.75, 3.05) is 0 Å². The molecule has 4 rings (SSSR count). The van der Waals surface area contributed by atoms with Gasteiger partial charge in [-0.3, -0.25) is 4.57 Å². The standard InChI is InChI=1S/C26H32N2O2/c1-7-8-23-27-20-14-17(24(29)30)9-10-21(20)28(23)22-15-19-18(13-16(22)2)25(3,4)11-12-26(19,5)6/h9-10,13-15H,7-8,11-12H2,1-6H3,(H,29,30). The van der Waals surface area contributed by atoms with Gasteiger partial charge < -0.3 is 5.11 Å². The molecule has 1 N–H and O–H groups in total. The minimum atomic E-state index is -0.919. The number of benzene rings is 2. The summed E-state index contributed by atoms with van der Waals surface area (Å²) in [5, 5.41) is 9.39. The van der Waals surface area contributed by atoms with E-state index in [1.807, 2.05) is 6.07 Å². The number of carbonyl (C=O) groups is 1. The summed E-state index contributed by atoms with van der Waals surface area (Å²) >= 11 is 0. The van der Waals surface area contributed by atoms with Crippen molar-refractivity contribution in [1.29, 1.82) is 0 Å². The van der Waals surface area contributed by atoms with Crippen molar-refractivity contribution in [2.24, 2.45) is 0 Å². The highest BCUT2D eigenvalue weighted by molar-refractivity contribution is 5.93. The Bertz CT molecular complexity index is 1150. The van der Waals surface area contributed by atoms with Crippen LogP contribution in [0.25, 0.3) is 16.7 Å². The number of imidazole rings is 1. The molecule has 4 nitrogen and oxygen atoms in total. The number of aromatic carboxylic acids is 1. The number of fused-ring (bicyclic) bond motifs is 2. The minimum absolute atomic E-state index is 0.130. The molecular formula is C26H32N2O2. The van der Waals surface area contributed by atoms with Gasteiger partial charge in [0.15, 0.2) is 0 Å². The highest BCUT2D eigenvalue weighted by Crippen LogP contribution is 2.47. The molecule has 0 radical (unpaired) electrons. The maximum atomic E-state index is 11.4. The van der Waals surface area contributed by atoms with Gasteiger partial charge in [-0.2, -0.15) is 0 Å². The third-order valence-corrected chi connectivity index (χ3v) is 6.85. The number of aromatic nitrogens is 2. The van der Waals surface area contributed by atoms with Gasteiger partial charge in [-0.05, 0) is 78.0 Å². The van der Waals surface area contributed by atoms with Crippen molar-refractivity contribution in [3.05, 3.63) is 58.4 Å². The molecule has 0 unspecified atom stereocenters. The Kier molecular flexibility index (Phi) is 4.80. The first-order valence-corrected chi connectivity index (χ1v) is 11.0. The van der Waals surface area contributed by atoms with Gasteiger partial charge >= 0.3 is 5.97 Å². The first-order chi connectivity index (χ1) is 14.0. The molecule has 0 saturated heterocycles. The lowest BCUT2D eigenvalue weighted by Gasteiger charge is -2.42. The van der Waals surface area contributed by atoms with Gasteiger partial charge in [0.2, 0.25) is 0 Å². The van der Waals surface area contributed by atoms with Gasteiger partial charge in [0.25, 0.3) is 0 Å². The smallest absolute Gasteiger partial charge is 0.335 e. The number of carboxylic acids is 1. The molecule has 1 aliphatic rings. The monoisotopic (exact) mass is 404 g/mol. The van der Waals surface area contributed by atoms with Crippen LogP contribution < -0.4 is 0 Å². The Morgan fingerprint density at radius 2 is 1.70 bits per heavy atom. The third-order valence-electron chi connectivity index (χ3n) is 6.85. The SMILES string of the molecule is CCCc1nc2cc(C(=O)O)ccc2n1-c1cc2c(cc1C)C(C)(C)CCC2(C)C. The van der Waals surface area contributed by atoms with Crippen LogP contribution in [0.4, 0.5) is 0 Å². The average molecular weight is 405 g/mol. The third kappa shape index (κ3) is 3.23. The Morgan fingerprint density at radius 1 is 1.07 bits per heavy atom. The van der Waals surface area contributed by atoms with E-state index in [9.17, 15) is 9.90 Å². The van der Waals surface area contributed by atoms with Gasteiger partial charge in [0.1, 0.15) is 5.82 Å². The Morgan fingerprint density at radius 3 is 2.30 bits per heavy atom. The fraction of sp³-hybridized carbons (Fsp3) is 0.462. The van der Waals surface area contributed by atoms with Crippen LogP contribution in [0.2, 0.25) is 0 Å². The van der Waals surface area contributed by atoms with Gasteiger partial charge in [-0.1, -0.05) is 40.7 Å². The topological polar surface area (TPSA) is 55.1 Å². The molecule has 0 saturated carbocycles. The summed E-state index contributed by atoms with van der Waals surface area (Å²) in [6.45, 7) is 13.7. The maximum absolute atomic E-state index is 11.4. The van der Waals surface area contributed by atoms with E-state index in [1.165, 1.54) is 29.5 Å². The molecule has 2 aromatic carbocycles. The molecule has 0 spiro atoms. The van der Waals surface area contributed by atoms with Crippen LogP contribution in [0.15, 0.2) is 30.3 Å². The van der Waals surface area contributed by atoms with Crippen LogP contribution in [-0.4, -0.2) is 20.6 Å². The van der Waals surface area contributed by atoms with E-state index in [1.54, 1.807) is 12.1 Å². The Labute approximate surface area is 179 Å². The number of aryl methyl sites for hydroxylation is 2. The lowest BCUT2D eigenvalue weighted by molar-refractivity contribution is 0.0697. The molecule has 1 aliphatic carbocycles. The highest BCUT2D eigenvalue weighted by atomic mass is 16.4. The van der Waals surface area contributed by atoms with Gasteiger partial charge in [0, 0.05) is 6.42 Å². The molecule has 1 heterocycles. The van der Waals surface area contributed by atoms with Crippen molar-refractivity contribution >= 4 is 17.0 Å². The summed E-state index contributed by atoms with van der Waals surface area (Å²) in [6.07, 6.45) is 4.20. The molecule has 158 valence electrons. The van der Waals surface area contributed by atoms with Crippen LogP contribution in [0.3, 0.4) is 0 Å². The maximum Gasteiger partial charge on any atom is 0.335 e. The first-order valence-electron chi connectivity index (χ1n) is 11.0. The van der Waals surface area contributed by atoms with Crippen molar-refractivity contribution in [1.82, 2.24) is 9.55 Å². The summed E-state index contributed by atoms with van der Waals surface area (Å²) in [4.78, 5) is 16.3. The summed E-state index contributed by atoms with van der Waals surface area (Å²) in [5.41, 5.74) is 7.57. The molecule has 4 heteroatoms. The van der Waals surface area contributed by atoms with Gasteiger partial charge in [-0.25, -0.2) is 9.78 Å². The number of hydrogen-bond acceptors (Lipinski definition) is 2. The summed E-state index contributed by atoms with van der Waals surface area (Å²) in [7, 11) is 0. The van der Waals surface area contributed by atoms with Crippen molar-refractivity contribution < 1.29 is 9.90 Å². The second kappa shape index (κ2) is 6.97. The van der Waals surface area contributed by atoms with E-state index in [0.717, 1.165) is 35.4 Å². The zero-order chi connectivity index (χ0) is 21.8. The summed E-state index contributed by atoms with van der Waals surface area (Å²) in [5.74, 6) is 0.0726. The van der Waals surface area contributed by atoms with E-state index in [2.05, 4.69) is 58.2 Å². The van der Waals surface area contributed by atoms with Crippen LogP contribution >= 0.6 is 0 Å². The van der Waals surface area contributed by atoms with Crippen molar-refractivity contribution in [2.45, 2.75) is 78.1 Å². The van der Waals surface area contributed by atoms with Crippen molar-refractivity contribution in [3.8, 4) is 5.69 Å². The normalized spacial score (nSPS) is 17.1. The van der Waals surface area contributed by atoms with E-state index < -0.39 is 5.97 Å². The average Bonchev–Trinajstić information content (AvgIpc) is 3.02. The summed E-state index contributed by atoms with van der Waals surface area (Å²) < 4.78 is 2.25. The molecule has 0 aliphatic heterocycles. The molecule has 0 atom stereocenters. The van der Waals surface area contributed by atoms with Crippen LogP contribution in [0.5, 0.6) is 0 Å². The zero-order valence-corrected chi connectivity index (χ0v) is 19.0. The fourth-order valence-electron chi connectivity index (χ4n) is 4.87. The van der Waals surface area contributed by atoms with Crippen molar-refractivity contribution in [3.63, 3.8) is 0 Å². The molecule has 0 fully saturated rings. The van der Waals surface area contributed by atoms with Crippen LogP contribution in [0.1, 0.15) is 86.8 Å². The van der Waals surface area contributed by atoms with Crippen LogP contribution in [0, 0.1) is 6.92 Å². The minimum Gasteiger partial charge on any atom is -0.478 e. The molecule has 30 heavy (non-hydrogen) atoms. The first kappa shape index (κ1) is 20.6. The fourth-order valence-corrected chi connectivity index (χ4v) is 4.87. The predicted octanol–water partition coefficient (Wildman–Crippen LogP) is 6.33. The second-order valence-electron chi connectivity index (χ2n) is 10.1. The predicted molar refractivity (Wildman–Crippen MR) is 122 cm³/mol. The van der Waals surface area contributed by atoms with E-state index >= 15 is 0 Å². The van der Waals surface area contributed by atoms with Gasteiger partial charge in [-0.15, -0.1) is 0 Å². The van der Waals surface area contributed by atoms with E-state index in [0.29, 0.717) is 0 Å². The Hall–Kier alpha value is -2.62. The molecule has 0 bridgehead atoms. The van der Waals surface area contributed by atoms with E-state index in [-0.39, 0.29) is 16.4 Å².